The Morgan fingerprint density at radius 1 is 1.36 bits per heavy atom. The Hall–Kier alpha value is -1.60. The monoisotopic (exact) mass is 320 g/mol. The number of quaternary nitrogens is 1. The van der Waals surface area contributed by atoms with Crippen LogP contribution in [-0.2, 0) is 4.79 Å². The highest BCUT2D eigenvalue weighted by atomic mass is 32.2. The van der Waals surface area contributed by atoms with Gasteiger partial charge >= 0.3 is 0 Å². The summed E-state index contributed by atoms with van der Waals surface area (Å²) in [6.07, 6.45) is 1.93. The van der Waals surface area contributed by atoms with Gasteiger partial charge < -0.3 is 9.80 Å². The molecule has 0 spiro atoms. The van der Waals surface area contributed by atoms with Crippen LogP contribution in [-0.4, -0.2) is 63.4 Å². The zero-order valence-electron chi connectivity index (χ0n) is 13.0. The molecule has 22 heavy (non-hydrogen) atoms. The molecule has 7 heteroatoms. The first-order valence-electron chi connectivity index (χ1n) is 7.78. The molecule has 2 aromatic heterocycles. The molecule has 6 nitrogen and oxygen atoms in total. The summed E-state index contributed by atoms with van der Waals surface area (Å²) in [6, 6.07) is 5.79. The molecule has 1 aliphatic rings. The number of hydrogen-bond acceptors (Lipinski definition) is 4. The lowest BCUT2D eigenvalue weighted by Gasteiger charge is -2.32. The van der Waals surface area contributed by atoms with Gasteiger partial charge in [0.05, 0.1) is 38.0 Å². The Balaban J connectivity index is 1.64. The minimum Gasteiger partial charge on any atom is -0.332 e. The number of likely N-dealkylation sites (N-methyl/N-ethyl adjacent to an activating group) is 1. The van der Waals surface area contributed by atoms with E-state index in [0.29, 0.717) is 0 Å². The lowest BCUT2D eigenvalue weighted by atomic mass is 10.3. The van der Waals surface area contributed by atoms with Crippen molar-refractivity contribution in [1.29, 1.82) is 0 Å². The number of thioether (sulfide) groups is 1. The van der Waals surface area contributed by atoms with Gasteiger partial charge in [-0.05, 0) is 26.0 Å². The van der Waals surface area contributed by atoms with Gasteiger partial charge in [-0.2, -0.15) is 0 Å². The van der Waals surface area contributed by atoms with E-state index >= 15 is 0 Å². The number of rotatable bonds is 4. The second kappa shape index (κ2) is 6.66. The molecule has 1 fully saturated rings. The summed E-state index contributed by atoms with van der Waals surface area (Å²) in [5.74, 6) is 0.202. The van der Waals surface area contributed by atoms with E-state index in [4.69, 9.17) is 0 Å². The van der Waals surface area contributed by atoms with E-state index in [9.17, 15) is 4.79 Å². The molecule has 0 unspecified atom stereocenters. The van der Waals surface area contributed by atoms with Gasteiger partial charge in [0.1, 0.15) is 0 Å². The van der Waals surface area contributed by atoms with Crippen molar-refractivity contribution < 1.29 is 9.69 Å². The van der Waals surface area contributed by atoms with Gasteiger partial charge in [-0.1, -0.05) is 17.8 Å². The summed E-state index contributed by atoms with van der Waals surface area (Å²) in [6.45, 7) is 9.10. The van der Waals surface area contributed by atoms with Crippen molar-refractivity contribution in [3.8, 4) is 0 Å². The molecule has 3 heterocycles. The van der Waals surface area contributed by atoms with E-state index in [1.54, 1.807) is 4.90 Å². The van der Waals surface area contributed by atoms with Crippen LogP contribution in [0.15, 0.2) is 29.6 Å². The van der Waals surface area contributed by atoms with Crippen LogP contribution in [0.25, 0.3) is 5.65 Å². The van der Waals surface area contributed by atoms with E-state index in [0.717, 1.165) is 43.5 Å². The van der Waals surface area contributed by atoms with Gasteiger partial charge in [-0.3, -0.25) is 9.20 Å². The minimum atomic E-state index is -0.143. The van der Waals surface area contributed by atoms with Gasteiger partial charge in [0.2, 0.25) is 5.91 Å². The molecule has 1 atom stereocenters. The summed E-state index contributed by atoms with van der Waals surface area (Å²) < 4.78 is 1.92. The van der Waals surface area contributed by atoms with Crippen LogP contribution < -0.4 is 4.90 Å². The third kappa shape index (κ3) is 3.10. The average Bonchev–Trinajstić information content (AvgIpc) is 2.97. The molecule has 1 amide bonds. The summed E-state index contributed by atoms with van der Waals surface area (Å²) >= 11 is 1.48. The normalized spacial score (nSPS) is 17.8. The number of carbonyl (C=O) groups is 1. The SMILES string of the molecule is CC[NH+]1CCN(C(=O)[C@@H](C)Sc2nnc3ccccn23)CC1. The first-order valence-corrected chi connectivity index (χ1v) is 8.65. The van der Waals surface area contributed by atoms with E-state index in [2.05, 4.69) is 17.1 Å². The van der Waals surface area contributed by atoms with Crippen molar-refractivity contribution in [2.75, 3.05) is 32.7 Å². The molecular weight excluding hydrogens is 298 g/mol. The molecule has 0 saturated carbocycles. The first-order chi connectivity index (χ1) is 10.7. The number of fused-ring (bicyclic) bond motifs is 1. The van der Waals surface area contributed by atoms with Crippen LogP contribution in [0.5, 0.6) is 0 Å². The fourth-order valence-corrected chi connectivity index (χ4v) is 3.68. The van der Waals surface area contributed by atoms with Gasteiger partial charge in [-0.25, -0.2) is 0 Å². The van der Waals surface area contributed by atoms with Crippen molar-refractivity contribution in [3.63, 3.8) is 0 Å². The minimum absolute atomic E-state index is 0.143. The van der Waals surface area contributed by atoms with Crippen LogP contribution in [0.4, 0.5) is 0 Å². The van der Waals surface area contributed by atoms with E-state index < -0.39 is 0 Å². The Morgan fingerprint density at radius 2 is 2.14 bits per heavy atom. The van der Waals surface area contributed by atoms with Crippen LogP contribution in [0.3, 0.4) is 0 Å². The molecule has 0 radical (unpaired) electrons. The maximum Gasteiger partial charge on any atom is 0.236 e. The molecular formula is C15H22N5OS+. The molecule has 1 saturated heterocycles. The molecule has 118 valence electrons. The topological polar surface area (TPSA) is 54.9 Å². The van der Waals surface area contributed by atoms with Crippen molar-refractivity contribution in [3.05, 3.63) is 24.4 Å². The number of nitrogens with one attached hydrogen (secondary N) is 1. The van der Waals surface area contributed by atoms with Crippen LogP contribution in [0.1, 0.15) is 13.8 Å². The Kier molecular flexibility index (Phi) is 4.63. The quantitative estimate of drug-likeness (QED) is 0.803. The fraction of sp³-hybridized carbons (Fsp3) is 0.533. The van der Waals surface area contributed by atoms with Crippen molar-refractivity contribution >= 4 is 23.3 Å². The van der Waals surface area contributed by atoms with Crippen molar-refractivity contribution in [1.82, 2.24) is 19.5 Å². The highest BCUT2D eigenvalue weighted by molar-refractivity contribution is 8.00. The predicted octanol–water partition coefficient (Wildman–Crippen LogP) is -0.0431. The second-order valence-electron chi connectivity index (χ2n) is 5.60. The number of carbonyl (C=O) groups excluding carboxylic acids is 1. The predicted molar refractivity (Wildman–Crippen MR) is 86.1 cm³/mol. The van der Waals surface area contributed by atoms with Gasteiger partial charge in [0.15, 0.2) is 10.8 Å². The second-order valence-corrected chi connectivity index (χ2v) is 6.91. The highest BCUT2D eigenvalue weighted by Gasteiger charge is 2.27. The Labute approximate surface area is 134 Å². The molecule has 1 aliphatic heterocycles. The molecule has 1 N–H and O–H groups in total. The third-order valence-electron chi connectivity index (χ3n) is 4.19. The number of amides is 1. The van der Waals surface area contributed by atoms with Crippen molar-refractivity contribution in [2.45, 2.75) is 24.3 Å². The zero-order chi connectivity index (χ0) is 15.5. The molecule has 0 aromatic carbocycles. The average molecular weight is 320 g/mol. The smallest absolute Gasteiger partial charge is 0.236 e. The number of pyridine rings is 1. The third-order valence-corrected chi connectivity index (χ3v) is 5.24. The lowest BCUT2D eigenvalue weighted by Crippen LogP contribution is -3.14. The van der Waals surface area contributed by atoms with Crippen LogP contribution in [0.2, 0.25) is 0 Å². The number of aromatic nitrogens is 3. The number of hydrogen-bond donors (Lipinski definition) is 1. The zero-order valence-corrected chi connectivity index (χ0v) is 13.8. The summed E-state index contributed by atoms with van der Waals surface area (Å²) in [7, 11) is 0. The maximum absolute atomic E-state index is 12.6. The maximum atomic E-state index is 12.6. The van der Waals surface area contributed by atoms with Gasteiger partial charge in [-0.15, -0.1) is 10.2 Å². The van der Waals surface area contributed by atoms with Gasteiger partial charge in [0.25, 0.3) is 0 Å². The molecule has 0 aliphatic carbocycles. The summed E-state index contributed by atoms with van der Waals surface area (Å²) in [5, 5.41) is 8.95. The molecule has 2 aromatic rings. The summed E-state index contributed by atoms with van der Waals surface area (Å²) in [5.41, 5.74) is 0.810. The molecule has 3 rings (SSSR count). The Morgan fingerprint density at radius 3 is 2.86 bits per heavy atom. The van der Waals surface area contributed by atoms with E-state index in [-0.39, 0.29) is 11.2 Å². The lowest BCUT2D eigenvalue weighted by molar-refractivity contribution is -0.902. The Bertz CT molecular complexity index is 650. The largest absolute Gasteiger partial charge is 0.332 e. The van der Waals surface area contributed by atoms with E-state index in [1.807, 2.05) is 40.6 Å². The number of nitrogens with zero attached hydrogens (tertiary/aromatic N) is 4. The first kappa shape index (κ1) is 15.3. The standard InChI is InChI=1S/C15H21N5OS/c1-3-18-8-10-19(11-9-18)14(21)12(2)22-15-17-16-13-6-4-5-7-20(13)15/h4-7,12H,3,8-11H2,1-2H3/p+1/t12-/m1/s1. The van der Waals surface area contributed by atoms with Gasteiger partial charge in [0, 0.05) is 6.20 Å². The summed E-state index contributed by atoms with van der Waals surface area (Å²) in [4.78, 5) is 16.2. The van der Waals surface area contributed by atoms with Crippen LogP contribution in [0, 0.1) is 0 Å². The highest BCUT2D eigenvalue weighted by Crippen LogP contribution is 2.23. The van der Waals surface area contributed by atoms with Crippen molar-refractivity contribution in [2.24, 2.45) is 0 Å². The van der Waals surface area contributed by atoms with E-state index in [1.165, 1.54) is 11.8 Å². The molecule has 0 bridgehead atoms. The number of piperazine rings is 1. The van der Waals surface area contributed by atoms with Crippen LogP contribution >= 0.6 is 11.8 Å². The fourth-order valence-electron chi connectivity index (χ4n) is 2.76.